The first-order chi connectivity index (χ1) is 13.6. The van der Waals surface area contributed by atoms with Gasteiger partial charge in [0.1, 0.15) is 12.3 Å². The molecule has 2 aliphatic rings. The largest absolute Gasteiger partial charge is 0.497 e. The first-order valence-electron chi connectivity index (χ1n) is 9.92. The van der Waals surface area contributed by atoms with E-state index in [4.69, 9.17) is 9.47 Å². The van der Waals surface area contributed by atoms with E-state index in [9.17, 15) is 14.4 Å². The molecule has 2 fully saturated rings. The minimum atomic E-state index is -0.622. The summed E-state index contributed by atoms with van der Waals surface area (Å²) in [6.07, 6.45) is 6.05. The van der Waals surface area contributed by atoms with E-state index in [0.29, 0.717) is 17.2 Å². The second-order valence-corrected chi connectivity index (χ2v) is 7.50. The summed E-state index contributed by atoms with van der Waals surface area (Å²) in [4.78, 5) is 38.1. The van der Waals surface area contributed by atoms with E-state index in [1.165, 1.54) is 25.7 Å². The Labute approximate surface area is 165 Å². The Kier molecular flexibility index (Phi) is 6.90. The molecule has 2 atom stereocenters. The van der Waals surface area contributed by atoms with E-state index in [2.05, 4.69) is 5.32 Å². The van der Waals surface area contributed by atoms with Crippen LogP contribution in [-0.2, 0) is 14.3 Å². The van der Waals surface area contributed by atoms with Crippen LogP contribution in [0.25, 0.3) is 0 Å². The summed E-state index contributed by atoms with van der Waals surface area (Å²) in [7, 11) is 1.55. The number of esters is 1. The summed E-state index contributed by atoms with van der Waals surface area (Å²) in [6.45, 7) is 0.971. The normalized spacial score (nSPS) is 21.4. The van der Waals surface area contributed by atoms with Gasteiger partial charge in [0.15, 0.2) is 6.61 Å². The number of nitrogens with zero attached hydrogens (tertiary/aromatic N) is 1. The average molecular weight is 388 g/mol. The van der Waals surface area contributed by atoms with Crippen molar-refractivity contribution in [1.82, 2.24) is 10.2 Å². The van der Waals surface area contributed by atoms with Gasteiger partial charge in [0, 0.05) is 18.7 Å². The van der Waals surface area contributed by atoms with Crippen LogP contribution in [0.5, 0.6) is 5.75 Å². The Morgan fingerprint density at radius 2 is 1.79 bits per heavy atom. The summed E-state index contributed by atoms with van der Waals surface area (Å²) < 4.78 is 10.1. The molecule has 1 aliphatic carbocycles. The number of carbonyl (C=O) groups is 3. The second-order valence-electron chi connectivity index (χ2n) is 7.50. The predicted molar refractivity (Wildman–Crippen MR) is 103 cm³/mol. The van der Waals surface area contributed by atoms with E-state index in [-0.39, 0.29) is 25.0 Å². The third kappa shape index (κ3) is 5.24. The third-order valence-corrected chi connectivity index (χ3v) is 5.75. The monoisotopic (exact) mass is 388 g/mol. The molecule has 1 saturated carbocycles. The van der Waals surface area contributed by atoms with Gasteiger partial charge in [-0.25, -0.2) is 0 Å². The molecule has 0 unspecified atom stereocenters. The van der Waals surface area contributed by atoms with Crippen LogP contribution in [-0.4, -0.2) is 56.0 Å². The van der Waals surface area contributed by atoms with Gasteiger partial charge in [-0.05, 0) is 48.9 Å². The molecule has 0 bridgehead atoms. The summed E-state index contributed by atoms with van der Waals surface area (Å²) >= 11 is 0. The van der Waals surface area contributed by atoms with Crippen molar-refractivity contribution in [2.24, 2.45) is 11.8 Å². The number of piperidine rings is 1. The molecular formula is C21H28N2O5. The molecule has 28 heavy (non-hydrogen) atoms. The number of ether oxygens (including phenoxy) is 2. The van der Waals surface area contributed by atoms with Gasteiger partial charge >= 0.3 is 5.97 Å². The van der Waals surface area contributed by atoms with E-state index in [1.54, 1.807) is 31.4 Å². The number of likely N-dealkylation sites (tertiary alicyclic amines) is 1. The minimum absolute atomic E-state index is 0.154. The van der Waals surface area contributed by atoms with Gasteiger partial charge in [0.05, 0.1) is 7.11 Å². The van der Waals surface area contributed by atoms with Gasteiger partial charge < -0.3 is 19.7 Å². The number of fused-ring (bicyclic) bond motifs is 1. The van der Waals surface area contributed by atoms with Gasteiger partial charge in [-0.2, -0.15) is 0 Å². The smallest absolute Gasteiger partial charge is 0.325 e. The molecular weight excluding hydrogens is 360 g/mol. The van der Waals surface area contributed by atoms with Crippen LogP contribution >= 0.6 is 0 Å². The molecule has 0 aromatic heterocycles. The maximum Gasteiger partial charge on any atom is 0.325 e. The van der Waals surface area contributed by atoms with Gasteiger partial charge in [-0.3, -0.25) is 14.4 Å². The van der Waals surface area contributed by atoms with Crippen LogP contribution < -0.4 is 10.1 Å². The van der Waals surface area contributed by atoms with Gasteiger partial charge in [0.25, 0.3) is 11.8 Å². The quantitative estimate of drug-likeness (QED) is 0.754. The predicted octanol–water partition coefficient (Wildman–Crippen LogP) is 2.01. The summed E-state index contributed by atoms with van der Waals surface area (Å²) in [6, 6.07) is 6.55. The molecule has 7 heteroatoms. The average Bonchev–Trinajstić information content (AvgIpc) is 2.75. The molecule has 1 aromatic rings. The second kappa shape index (κ2) is 9.57. The van der Waals surface area contributed by atoms with Crippen molar-refractivity contribution in [2.75, 3.05) is 33.4 Å². The van der Waals surface area contributed by atoms with Crippen molar-refractivity contribution >= 4 is 17.8 Å². The Morgan fingerprint density at radius 3 is 2.50 bits per heavy atom. The van der Waals surface area contributed by atoms with Crippen LogP contribution in [0.3, 0.4) is 0 Å². The van der Waals surface area contributed by atoms with Crippen LogP contribution in [0.4, 0.5) is 0 Å². The Bertz CT molecular complexity index is 703. The van der Waals surface area contributed by atoms with Crippen molar-refractivity contribution in [3.05, 3.63) is 29.8 Å². The number of carbonyl (C=O) groups excluding carboxylic acids is 3. The Balaban J connectivity index is 1.37. The molecule has 152 valence electrons. The summed E-state index contributed by atoms with van der Waals surface area (Å²) in [5.74, 6) is 0.818. The standard InChI is InChI=1S/C21H28N2O5/c1-27-18-8-6-16(7-9-18)21(26)22-12-20(25)28-14-19(24)23-11-10-15-4-2-3-5-17(15)13-23/h6-9,15,17H,2-5,10-14H2,1H3,(H,22,26)/t15-,17+/m0/s1. The zero-order chi connectivity index (χ0) is 19.9. The highest BCUT2D eigenvalue weighted by Gasteiger charge is 2.33. The van der Waals surface area contributed by atoms with Crippen LogP contribution in [0, 0.1) is 11.8 Å². The molecule has 0 spiro atoms. The van der Waals surface area contributed by atoms with Crippen LogP contribution in [0.2, 0.25) is 0 Å². The SMILES string of the molecule is COc1ccc(C(=O)NCC(=O)OCC(=O)N2CC[C@@H]3CCCC[C@@H]3C2)cc1. The van der Waals surface area contributed by atoms with Crippen molar-refractivity contribution in [2.45, 2.75) is 32.1 Å². The molecule has 2 amide bonds. The van der Waals surface area contributed by atoms with E-state index < -0.39 is 5.97 Å². The molecule has 1 aliphatic heterocycles. The lowest BCUT2D eigenvalue weighted by atomic mass is 9.75. The van der Waals surface area contributed by atoms with E-state index >= 15 is 0 Å². The molecule has 1 N–H and O–H groups in total. The van der Waals surface area contributed by atoms with Crippen molar-refractivity contribution < 1.29 is 23.9 Å². The molecule has 0 radical (unpaired) electrons. The minimum Gasteiger partial charge on any atom is -0.497 e. The molecule has 1 saturated heterocycles. The lowest BCUT2D eigenvalue weighted by molar-refractivity contribution is -0.152. The fraction of sp³-hybridized carbons (Fsp3) is 0.571. The summed E-state index contributed by atoms with van der Waals surface area (Å²) in [5.41, 5.74) is 0.417. The molecule has 7 nitrogen and oxygen atoms in total. The number of benzene rings is 1. The number of amides is 2. The van der Waals surface area contributed by atoms with Gasteiger partial charge in [-0.1, -0.05) is 19.3 Å². The van der Waals surface area contributed by atoms with Crippen molar-refractivity contribution in [3.63, 3.8) is 0 Å². The highest BCUT2D eigenvalue weighted by molar-refractivity contribution is 5.96. The fourth-order valence-corrected chi connectivity index (χ4v) is 4.11. The zero-order valence-corrected chi connectivity index (χ0v) is 16.3. The molecule has 1 aromatic carbocycles. The zero-order valence-electron chi connectivity index (χ0n) is 16.3. The lowest BCUT2D eigenvalue weighted by Crippen LogP contribution is -2.46. The number of nitrogens with one attached hydrogen (secondary N) is 1. The van der Waals surface area contributed by atoms with E-state index in [1.807, 2.05) is 4.90 Å². The topological polar surface area (TPSA) is 84.9 Å². The van der Waals surface area contributed by atoms with Crippen LogP contribution in [0.1, 0.15) is 42.5 Å². The maximum atomic E-state index is 12.3. The third-order valence-electron chi connectivity index (χ3n) is 5.75. The highest BCUT2D eigenvalue weighted by atomic mass is 16.5. The van der Waals surface area contributed by atoms with Gasteiger partial charge in [0.2, 0.25) is 0 Å². The summed E-state index contributed by atoms with van der Waals surface area (Å²) in [5, 5.41) is 2.50. The number of rotatable bonds is 6. The molecule has 3 rings (SSSR count). The van der Waals surface area contributed by atoms with Crippen LogP contribution in [0.15, 0.2) is 24.3 Å². The Hall–Kier alpha value is -2.57. The first kappa shape index (κ1) is 20.2. The number of methoxy groups -OCH3 is 1. The maximum absolute atomic E-state index is 12.3. The fourth-order valence-electron chi connectivity index (χ4n) is 4.11. The van der Waals surface area contributed by atoms with E-state index in [0.717, 1.165) is 25.4 Å². The molecule has 1 heterocycles. The Morgan fingerprint density at radius 1 is 1.07 bits per heavy atom. The highest BCUT2D eigenvalue weighted by Crippen LogP contribution is 2.35. The van der Waals surface area contributed by atoms with Crippen molar-refractivity contribution in [1.29, 1.82) is 0 Å². The number of hydrogen-bond acceptors (Lipinski definition) is 5. The lowest BCUT2D eigenvalue weighted by Gasteiger charge is -2.41. The van der Waals surface area contributed by atoms with Crippen molar-refractivity contribution in [3.8, 4) is 5.75 Å². The first-order valence-corrected chi connectivity index (χ1v) is 9.92. The van der Waals surface area contributed by atoms with Gasteiger partial charge in [-0.15, -0.1) is 0 Å². The number of hydrogen-bond donors (Lipinski definition) is 1.